The zero-order chi connectivity index (χ0) is 10.7. The Hall–Kier alpha value is -2.05. The number of hydrogen-bond donors (Lipinski definition) is 2. The van der Waals surface area contributed by atoms with Gasteiger partial charge in [0.2, 0.25) is 5.76 Å². The SMILES string of the molecule is COC(=O)/C(OC)=C1\NC(=O)NC1=O. The predicted octanol–water partition coefficient (Wildman–Crippen LogP) is -1.14. The summed E-state index contributed by atoms with van der Waals surface area (Å²) in [5.74, 6) is -1.90. The zero-order valence-corrected chi connectivity index (χ0v) is 7.54. The summed E-state index contributed by atoms with van der Waals surface area (Å²) >= 11 is 0. The van der Waals surface area contributed by atoms with Crippen LogP contribution in [0.4, 0.5) is 4.79 Å². The molecule has 0 unspecified atom stereocenters. The molecule has 0 radical (unpaired) electrons. The van der Waals surface area contributed by atoms with Gasteiger partial charge in [0.15, 0.2) is 5.70 Å². The van der Waals surface area contributed by atoms with Crippen LogP contribution < -0.4 is 10.6 Å². The topological polar surface area (TPSA) is 93.7 Å². The quantitative estimate of drug-likeness (QED) is 0.254. The van der Waals surface area contributed by atoms with Crippen LogP contribution in [0.15, 0.2) is 11.5 Å². The number of imide groups is 1. The van der Waals surface area contributed by atoms with Gasteiger partial charge in [0.25, 0.3) is 5.91 Å². The lowest BCUT2D eigenvalue weighted by atomic mass is 10.3. The number of urea groups is 1. The van der Waals surface area contributed by atoms with Crippen molar-refractivity contribution in [2.24, 2.45) is 0 Å². The minimum absolute atomic E-state index is 0.246. The van der Waals surface area contributed by atoms with Gasteiger partial charge in [0.05, 0.1) is 14.2 Å². The van der Waals surface area contributed by atoms with Crippen molar-refractivity contribution < 1.29 is 23.9 Å². The van der Waals surface area contributed by atoms with E-state index >= 15 is 0 Å². The molecule has 3 amide bonds. The van der Waals surface area contributed by atoms with E-state index in [4.69, 9.17) is 0 Å². The minimum atomic E-state index is -0.833. The number of ether oxygens (including phenoxy) is 2. The lowest BCUT2D eigenvalue weighted by Gasteiger charge is -2.04. The van der Waals surface area contributed by atoms with Crippen LogP contribution in [-0.4, -0.2) is 32.1 Å². The Labute approximate surface area is 79.0 Å². The Morgan fingerprint density at radius 3 is 2.14 bits per heavy atom. The number of amides is 3. The first-order chi connectivity index (χ1) is 6.60. The summed E-state index contributed by atoms with van der Waals surface area (Å²) in [5, 5.41) is 4.05. The van der Waals surface area contributed by atoms with Crippen LogP contribution in [-0.2, 0) is 19.1 Å². The van der Waals surface area contributed by atoms with E-state index in [1.165, 1.54) is 7.11 Å². The number of carbonyl (C=O) groups excluding carboxylic acids is 3. The van der Waals surface area contributed by atoms with Gasteiger partial charge in [-0.05, 0) is 0 Å². The molecule has 1 fully saturated rings. The molecule has 7 nitrogen and oxygen atoms in total. The largest absolute Gasteiger partial charge is 0.488 e. The smallest absolute Gasteiger partial charge is 0.375 e. The molecule has 0 bridgehead atoms. The average Bonchev–Trinajstić information content (AvgIpc) is 2.47. The van der Waals surface area contributed by atoms with Crippen molar-refractivity contribution in [2.75, 3.05) is 14.2 Å². The normalized spacial score (nSPS) is 18.4. The molecule has 0 saturated carbocycles. The van der Waals surface area contributed by atoms with Gasteiger partial charge in [0, 0.05) is 0 Å². The van der Waals surface area contributed by atoms with E-state index in [9.17, 15) is 14.4 Å². The van der Waals surface area contributed by atoms with Crippen LogP contribution in [0, 0.1) is 0 Å². The summed E-state index contributed by atoms with van der Waals surface area (Å²) in [7, 11) is 2.33. The average molecular weight is 200 g/mol. The first kappa shape index (κ1) is 10.0. The number of esters is 1. The third kappa shape index (κ3) is 1.65. The fraction of sp³-hybridized carbons (Fsp3) is 0.286. The second-order valence-electron chi connectivity index (χ2n) is 2.31. The van der Waals surface area contributed by atoms with Crippen LogP contribution >= 0.6 is 0 Å². The van der Waals surface area contributed by atoms with Crippen molar-refractivity contribution in [1.82, 2.24) is 10.6 Å². The summed E-state index contributed by atoms with van der Waals surface area (Å²) in [5.41, 5.74) is -0.246. The van der Waals surface area contributed by atoms with E-state index < -0.39 is 17.9 Å². The maximum absolute atomic E-state index is 11.1. The molecular weight excluding hydrogens is 192 g/mol. The van der Waals surface area contributed by atoms with E-state index in [1.807, 2.05) is 5.32 Å². The first-order valence-electron chi connectivity index (χ1n) is 3.59. The lowest BCUT2D eigenvalue weighted by Crippen LogP contribution is -2.22. The highest BCUT2D eigenvalue weighted by molar-refractivity contribution is 6.14. The molecule has 0 aromatic heterocycles. The minimum Gasteiger partial charge on any atom is -0.488 e. The van der Waals surface area contributed by atoms with Crippen LogP contribution in [0.5, 0.6) is 0 Å². The molecule has 7 heteroatoms. The van der Waals surface area contributed by atoms with Gasteiger partial charge in [0.1, 0.15) is 0 Å². The van der Waals surface area contributed by atoms with Crippen molar-refractivity contribution in [3.63, 3.8) is 0 Å². The molecular formula is C7H8N2O5. The number of methoxy groups -OCH3 is 2. The Morgan fingerprint density at radius 1 is 1.14 bits per heavy atom. The Bertz CT molecular complexity index is 333. The van der Waals surface area contributed by atoms with E-state index in [1.54, 1.807) is 0 Å². The van der Waals surface area contributed by atoms with E-state index in [2.05, 4.69) is 14.8 Å². The molecule has 1 heterocycles. The second-order valence-corrected chi connectivity index (χ2v) is 2.31. The summed E-state index contributed by atoms with van der Waals surface area (Å²) in [6, 6.07) is -0.705. The molecule has 1 saturated heterocycles. The van der Waals surface area contributed by atoms with E-state index in [-0.39, 0.29) is 11.5 Å². The van der Waals surface area contributed by atoms with Gasteiger partial charge in [-0.1, -0.05) is 0 Å². The van der Waals surface area contributed by atoms with Crippen molar-refractivity contribution in [3.8, 4) is 0 Å². The van der Waals surface area contributed by atoms with Crippen LogP contribution in [0.2, 0.25) is 0 Å². The summed E-state index contributed by atoms with van der Waals surface area (Å²) in [6.45, 7) is 0. The third-order valence-electron chi connectivity index (χ3n) is 1.49. The molecule has 14 heavy (non-hydrogen) atoms. The Kier molecular flexibility index (Phi) is 2.70. The Balaban J connectivity index is 3.06. The molecule has 1 aliphatic rings. The van der Waals surface area contributed by atoms with Gasteiger partial charge in [-0.2, -0.15) is 0 Å². The molecule has 0 spiro atoms. The van der Waals surface area contributed by atoms with Gasteiger partial charge < -0.3 is 9.47 Å². The fourth-order valence-corrected chi connectivity index (χ4v) is 0.907. The molecule has 1 rings (SSSR count). The monoisotopic (exact) mass is 200 g/mol. The summed E-state index contributed by atoms with van der Waals surface area (Å²) in [6.07, 6.45) is 0. The number of carbonyl (C=O) groups is 3. The van der Waals surface area contributed by atoms with Crippen LogP contribution in [0.3, 0.4) is 0 Å². The molecule has 0 aliphatic carbocycles. The molecule has 0 atom stereocenters. The van der Waals surface area contributed by atoms with Crippen molar-refractivity contribution >= 4 is 17.9 Å². The van der Waals surface area contributed by atoms with Gasteiger partial charge in [-0.3, -0.25) is 15.4 Å². The van der Waals surface area contributed by atoms with E-state index in [0.717, 1.165) is 7.11 Å². The van der Waals surface area contributed by atoms with Gasteiger partial charge >= 0.3 is 12.0 Å². The maximum atomic E-state index is 11.1. The highest BCUT2D eigenvalue weighted by Crippen LogP contribution is 2.08. The van der Waals surface area contributed by atoms with E-state index in [0.29, 0.717) is 0 Å². The third-order valence-corrected chi connectivity index (χ3v) is 1.49. The highest BCUT2D eigenvalue weighted by Gasteiger charge is 2.31. The highest BCUT2D eigenvalue weighted by atomic mass is 16.6. The van der Waals surface area contributed by atoms with Crippen LogP contribution in [0.1, 0.15) is 0 Å². The van der Waals surface area contributed by atoms with Crippen molar-refractivity contribution in [3.05, 3.63) is 11.5 Å². The Morgan fingerprint density at radius 2 is 1.79 bits per heavy atom. The molecule has 0 aromatic rings. The number of hydrogen-bond acceptors (Lipinski definition) is 5. The number of rotatable bonds is 2. The lowest BCUT2D eigenvalue weighted by molar-refractivity contribution is -0.140. The molecule has 1 aliphatic heterocycles. The first-order valence-corrected chi connectivity index (χ1v) is 3.59. The standard InChI is InChI=1S/C7H8N2O5/c1-13-4(6(11)14-2)3-5(10)9-7(12)8-3/h1-2H3,(H2,8,9,10,12)/b4-3+. The van der Waals surface area contributed by atoms with Crippen molar-refractivity contribution in [2.45, 2.75) is 0 Å². The number of nitrogens with one attached hydrogen (secondary N) is 2. The fourth-order valence-electron chi connectivity index (χ4n) is 0.907. The second kappa shape index (κ2) is 3.77. The summed E-state index contributed by atoms with van der Waals surface area (Å²) in [4.78, 5) is 32.8. The van der Waals surface area contributed by atoms with Crippen molar-refractivity contribution in [1.29, 1.82) is 0 Å². The molecule has 2 N–H and O–H groups in total. The predicted molar refractivity (Wildman–Crippen MR) is 42.7 cm³/mol. The zero-order valence-electron chi connectivity index (χ0n) is 7.54. The van der Waals surface area contributed by atoms with Gasteiger partial charge in [-0.15, -0.1) is 0 Å². The summed E-state index contributed by atoms with van der Waals surface area (Å²) < 4.78 is 8.98. The molecule has 76 valence electrons. The maximum Gasteiger partial charge on any atom is 0.375 e. The van der Waals surface area contributed by atoms with Crippen LogP contribution in [0.25, 0.3) is 0 Å². The molecule has 0 aromatic carbocycles. The van der Waals surface area contributed by atoms with Gasteiger partial charge in [-0.25, -0.2) is 9.59 Å².